The number of hydrogen-bond donors (Lipinski definition) is 0. The molecule has 3 rings (SSSR count). The molecule has 0 saturated heterocycles. The first-order valence-corrected chi connectivity index (χ1v) is 6.73. The van der Waals surface area contributed by atoms with E-state index < -0.39 is 0 Å². The van der Waals surface area contributed by atoms with E-state index in [1.54, 1.807) is 14.2 Å². The highest BCUT2D eigenvalue weighted by Crippen LogP contribution is 2.40. The minimum atomic E-state index is 0.688. The number of fused-ring (bicyclic) bond motifs is 3. The second kappa shape index (κ2) is 5.09. The zero-order valence-electron chi connectivity index (χ0n) is 12.3. The number of rotatable bonds is 3. The van der Waals surface area contributed by atoms with E-state index in [1.165, 1.54) is 0 Å². The van der Waals surface area contributed by atoms with E-state index in [2.05, 4.69) is 0 Å². The number of carbonyl (C=O) groups is 1. The van der Waals surface area contributed by atoms with Crippen LogP contribution in [-0.2, 0) is 0 Å². The van der Waals surface area contributed by atoms with Gasteiger partial charge in [-0.05, 0) is 40.6 Å². The van der Waals surface area contributed by atoms with Crippen molar-refractivity contribution in [2.45, 2.75) is 6.92 Å². The van der Waals surface area contributed by atoms with Crippen LogP contribution in [0.15, 0.2) is 36.4 Å². The van der Waals surface area contributed by atoms with Crippen molar-refractivity contribution < 1.29 is 14.3 Å². The van der Waals surface area contributed by atoms with Crippen LogP contribution < -0.4 is 9.47 Å². The summed E-state index contributed by atoms with van der Waals surface area (Å²) < 4.78 is 10.9. The highest BCUT2D eigenvalue weighted by Gasteiger charge is 2.15. The molecule has 0 unspecified atom stereocenters. The molecule has 21 heavy (non-hydrogen) atoms. The van der Waals surface area contributed by atoms with E-state index >= 15 is 0 Å². The van der Waals surface area contributed by atoms with Crippen LogP contribution in [0.2, 0.25) is 0 Å². The van der Waals surface area contributed by atoms with Gasteiger partial charge in [-0.2, -0.15) is 0 Å². The third-order valence-corrected chi connectivity index (χ3v) is 3.91. The molecular formula is C18H16O3. The van der Waals surface area contributed by atoms with E-state index in [-0.39, 0.29) is 0 Å². The predicted molar refractivity (Wildman–Crippen MR) is 84.7 cm³/mol. The highest BCUT2D eigenvalue weighted by molar-refractivity contribution is 6.15. The summed E-state index contributed by atoms with van der Waals surface area (Å²) in [6.45, 7) is 1.98. The summed E-state index contributed by atoms with van der Waals surface area (Å²) in [4.78, 5) is 11.4. The molecular weight excluding hydrogens is 264 g/mol. The quantitative estimate of drug-likeness (QED) is 0.534. The number of methoxy groups -OCH3 is 2. The van der Waals surface area contributed by atoms with Gasteiger partial charge in [-0.1, -0.05) is 24.3 Å². The number of aryl methyl sites for hydroxylation is 1. The Balaban J connectivity index is 2.56. The van der Waals surface area contributed by atoms with Gasteiger partial charge in [0.1, 0.15) is 0 Å². The molecule has 106 valence electrons. The Kier molecular flexibility index (Phi) is 3.26. The van der Waals surface area contributed by atoms with E-state index in [0.29, 0.717) is 17.1 Å². The Bertz CT molecular complexity index is 850. The minimum Gasteiger partial charge on any atom is -0.493 e. The average molecular weight is 280 g/mol. The van der Waals surface area contributed by atoms with Crippen LogP contribution in [0.1, 0.15) is 15.9 Å². The molecule has 3 nitrogen and oxygen atoms in total. The molecule has 0 spiro atoms. The lowest BCUT2D eigenvalue weighted by Gasteiger charge is -2.15. The fraction of sp³-hybridized carbons (Fsp3) is 0.167. The summed E-state index contributed by atoms with van der Waals surface area (Å²) in [6, 6.07) is 11.8. The van der Waals surface area contributed by atoms with Gasteiger partial charge in [0, 0.05) is 11.1 Å². The highest BCUT2D eigenvalue weighted by atomic mass is 16.5. The molecule has 0 N–H and O–H groups in total. The van der Waals surface area contributed by atoms with Crippen molar-refractivity contribution in [1.82, 2.24) is 0 Å². The lowest BCUT2D eigenvalue weighted by Crippen LogP contribution is -1.96. The van der Waals surface area contributed by atoms with Crippen molar-refractivity contribution in [2.24, 2.45) is 0 Å². The number of benzene rings is 3. The van der Waals surface area contributed by atoms with Crippen LogP contribution in [0.3, 0.4) is 0 Å². The molecule has 0 atom stereocenters. The molecule has 3 aromatic rings. The molecule has 3 heteroatoms. The summed E-state index contributed by atoms with van der Waals surface area (Å²) in [7, 11) is 3.25. The lowest BCUT2D eigenvalue weighted by molar-refractivity contribution is 0.112. The predicted octanol–water partition coefficient (Wildman–Crippen LogP) is 4.13. The van der Waals surface area contributed by atoms with Gasteiger partial charge in [-0.3, -0.25) is 4.79 Å². The summed E-state index contributed by atoms with van der Waals surface area (Å²) in [5, 5.41) is 4.06. The first-order chi connectivity index (χ1) is 10.2. The summed E-state index contributed by atoms with van der Waals surface area (Å²) in [5.74, 6) is 1.41. The molecule has 0 aliphatic heterocycles. The maximum absolute atomic E-state index is 11.4. The summed E-state index contributed by atoms with van der Waals surface area (Å²) in [5.41, 5.74) is 1.66. The normalized spacial score (nSPS) is 10.8. The standard InChI is InChI=1S/C18H16O3/c1-11-15-8-12(10-19)13-6-4-5-7-14(13)16(15)9-17(20-2)18(11)21-3/h4-10H,1-3H3. The SMILES string of the molecule is COc1cc2c(cc(C=O)c3ccccc32)c(C)c1OC. The largest absolute Gasteiger partial charge is 0.493 e. The van der Waals surface area contributed by atoms with Crippen molar-refractivity contribution in [3.63, 3.8) is 0 Å². The third kappa shape index (κ3) is 1.93. The molecule has 0 amide bonds. The number of aldehydes is 1. The molecule has 0 aliphatic carbocycles. The van der Waals surface area contributed by atoms with Crippen molar-refractivity contribution in [1.29, 1.82) is 0 Å². The van der Waals surface area contributed by atoms with Gasteiger partial charge < -0.3 is 9.47 Å². The van der Waals surface area contributed by atoms with Crippen molar-refractivity contribution in [2.75, 3.05) is 14.2 Å². The second-order valence-electron chi connectivity index (χ2n) is 4.96. The molecule has 3 aromatic carbocycles. The van der Waals surface area contributed by atoms with Crippen LogP contribution in [-0.4, -0.2) is 20.5 Å². The van der Waals surface area contributed by atoms with Gasteiger partial charge >= 0.3 is 0 Å². The molecule has 0 heterocycles. The number of ether oxygens (including phenoxy) is 2. The van der Waals surface area contributed by atoms with E-state index in [0.717, 1.165) is 33.4 Å². The number of carbonyl (C=O) groups excluding carboxylic acids is 1. The fourth-order valence-corrected chi connectivity index (χ4v) is 2.90. The molecule has 0 saturated carbocycles. The maximum Gasteiger partial charge on any atom is 0.164 e. The molecule has 0 aromatic heterocycles. The summed E-state index contributed by atoms with van der Waals surface area (Å²) >= 11 is 0. The van der Waals surface area contributed by atoms with Crippen LogP contribution >= 0.6 is 0 Å². The van der Waals surface area contributed by atoms with E-state index in [9.17, 15) is 4.79 Å². The minimum absolute atomic E-state index is 0.688. The topological polar surface area (TPSA) is 35.5 Å². The van der Waals surface area contributed by atoms with Gasteiger partial charge in [-0.25, -0.2) is 0 Å². The van der Waals surface area contributed by atoms with Crippen molar-refractivity contribution in [3.8, 4) is 11.5 Å². The molecule has 0 fully saturated rings. The second-order valence-corrected chi connectivity index (χ2v) is 4.96. The molecule has 0 aliphatic rings. The monoisotopic (exact) mass is 280 g/mol. The Hall–Kier alpha value is -2.55. The van der Waals surface area contributed by atoms with Crippen LogP contribution in [0.5, 0.6) is 11.5 Å². The van der Waals surface area contributed by atoms with Gasteiger partial charge in [0.15, 0.2) is 17.8 Å². The third-order valence-electron chi connectivity index (χ3n) is 3.91. The van der Waals surface area contributed by atoms with Crippen molar-refractivity contribution >= 4 is 27.8 Å². The van der Waals surface area contributed by atoms with Gasteiger partial charge in [0.05, 0.1) is 14.2 Å². The zero-order chi connectivity index (χ0) is 15.0. The average Bonchev–Trinajstić information content (AvgIpc) is 2.54. The fourth-order valence-electron chi connectivity index (χ4n) is 2.90. The smallest absolute Gasteiger partial charge is 0.164 e. The molecule has 0 radical (unpaired) electrons. The molecule has 0 bridgehead atoms. The lowest BCUT2D eigenvalue weighted by atomic mass is 9.94. The van der Waals surface area contributed by atoms with Crippen LogP contribution in [0, 0.1) is 6.92 Å². The maximum atomic E-state index is 11.4. The Morgan fingerprint density at radius 2 is 1.62 bits per heavy atom. The Morgan fingerprint density at radius 3 is 2.24 bits per heavy atom. The number of hydrogen-bond acceptors (Lipinski definition) is 3. The van der Waals surface area contributed by atoms with Gasteiger partial charge in [0.25, 0.3) is 0 Å². The van der Waals surface area contributed by atoms with E-state index in [4.69, 9.17) is 9.47 Å². The Labute approximate surface area is 123 Å². The van der Waals surface area contributed by atoms with Crippen LogP contribution in [0.25, 0.3) is 21.5 Å². The van der Waals surface area contributed by atoms with Gasteiger partial charge in [0.2, 0.25) is 0 Å². The summed E-state index contributed by atoms with van der Waals surface area (Å²) in [6.07, 6.45) is 0.901. The van der Waals surface area contributed by atoms with Crippen LogP contribution in [0.4, 0.5) is 0 Å². The zero-order valence-corrected chi connectivity index (χ0v) is 12.3. The first-order valence-electron chi connectivity index (χ1n) is 6.73. The van der Waals surface area contributed by atoms with Gasteiger partial charge in [-0.15, -0.1) is 0 Å². The first kappa shape index (κ1) is 13.4. The van der Waals surface area contributed by atoms with E-state index in [1.807, 2.05) is 43.3 Å². The van der Waals surface area contributed by atoms with Crippen molar-refractivity contribution in [3.05, 3.63) is 47.5 Å². The Morgan fingerprint density at radius 1 is 0.905 bits per heavy atom.